The van der Waals surface area contributed by atoms with Crippen molar-refractivity contribution in [2.45, 2.75) is 6.18 Å². The second kappa shape index (κ2) is 4.61. The van der Waals surface area contributed by atoms with Crippen LogP contribution in [0.1, 0.15) is 0 Å². The Balaban J connectivity index is 2.30. The van der Waals surface area contributed by atoms with E-state index in [0.29, 0.717) is 5.69 Å². The predicted octanol–water partition coefficient (Wildman–Crippen LogP) is 1.71. The van der Waals surface area contributed by atoms with Gasteiger partial charge in [-0.15, -0.1) is 0 Å². The van der Waals surface area contributed by atoms with Crippen LogP contribution in [0.15, 0.2) is 30.3 Å². The van der Waals surface area contributed by atoms with Crippen LogP contribution in [0, 0.1) is 0 Å². The summed E-state index contributed by atoms with van der Waals surface area (Å²) >= 11 is 4.78. The normalized spacial score (nSPS) is 16.2. The van der Waals surface area contributed by atoms with Gasteiger partial charge in [0.15, 0.2) is 5.11 Å². The lowest BCUT2D eigenvalue weighted by Gasteiger charge is -2.19. The van der Waals surface area contributed by atoms with Crippen molar-refractivity contribution in [2.24, 2.45) is 0 Å². The quantitative estimate of drug-likeness (QED) is 0.738. The van der Waals surface area contributed by atoms with Crippen LogP contribution in [-0.2, 0) is 9.59 Å². The zero-order valence-corrected chi connectivity index (χ0v) is 10.2. The van der Waals surface area contributed by atoms with Gasteiger partial charge in [-0.2, -0.15) is 13.2 Å². The van der Waals surface area contributed by atoms with Crippen LogP contribution in [0.25, 0.3) is 0 Å². The van der Waals surface area contributed by atoms with Crippen LogP contribution in [0.4, 0.5) is 18.9 Å². The third-order valence-corrected chi connectivity index (χ3v) is 2.88. The minimum absolute atomic E-state index is 0.0116. The summed E-state index contributed by atoms with van der Waals surface area (Å²) in [4.78, 5) is 23.8. The molecule has 0 radical (unpaired) electrons. The standard InChI is InChI=1S/C11H7F3N2O2S/c12-11(13,14)9(18)16-8(17)6-15(10(16)19)7-4-2-1-3-5-7/h1-5H,6H2. The topological polar surface area (TPSA) is 40.6 Å². The Morgan fingerprint density at radius 3 is 2.32 bits per heavy atom. The predicted molar refractivity (Wildman–Crippen MR) is 64.3 cm³/mol. The molecule has 0 unspecified atom stereocenters. The third kappa shape index (κ3) is 2.43. The second-order valence-electron chi connectivity index (χ2n) is 3.74. The second-order valence-corrected chi connectivity index (χ2v) is 4.10. The van der Waals surface area contributed by atoms with E-state index in [4.69, 9.17) is 12.2 Å². The lowest BCUT2D eigenvalue weighted by atomic mass is 10.3. The average molecular weight is 288 g/mol. The molecule has 0 atom stereocenters. The van der Waals surface area contributed by atoms with E-state index in [9.17, 15) is 22.8 Å². The fourth-order valence-electron chi connectivity index (χ4n) is 1.64. The van der Waals surface area contributed by atoms with Crippen molar-refractivity contribution in [2.75, 3.05) is 11.4 Å². The first-order chi connectivity index (χ1) is 8.82. The molecule has 4 nitrogen and oxygen atoms in total. The number of halogens is 3. The third-order valence-electron chi connectivity index (χ3n) is 2.48. The summed E-state index contributed by atoms with van der Waals surface area (Å²) in [5.41, 5.74) is 0.457. The van der Waals surface area contributed by atoms with Crippen LogP contribution >= 0.6 is 12.2 Å². The van der Waals surface area contributed by atoms with Gasteiger partial charge in [-0.25, -0.2) is 4.90 Å². The Bertz CT molecular complexity index is 545. The fourth-order valence-corrected chi connectivity index (χ4v) is 1.99. The molecule has 1 aliphatic heterocycles. The van der Waals surface area contributed by atoms with Gasteiger partial charge in [0, 0.05) is 5.69 Å². The number of carbonyl (C=O) groups excluding carboxylic acids is 2. The van der Waals surface area contributed by atoms with Gasteiger partial charge in [0.05, 0.1) is 0 Å². The summed E-state index contributed by atoms with van der Waals surface area (Å²) in [5.74, 6) is -3.25. The molecule has 0 N–H and O–H groups in total. The molecule has 8 heteroatoms. The highest BCUT2D eigenvalue weighted by atomic mass is 32.1. The van der Waals surface area contributed by atoms with Gasteiger partial charge in [0.1, 0.15) is 6.54 Å². The summed E-state index contributed by atoms with van der Waals surface area (Å²) in [6.07, 6.45) is -5.13. The minimum Gasteiger partial charge on any atom is -0.309 e. The molecule has 2 amide bonds. The molecule has 0 spiro atoms. The molecule has 0 bridgehead atoms. The van der Waals surface area contributed by atoms with Gasteiger partial charge in [0.25, 0.3) is 5.91 Å². The number of carbonyl (C=O) groups is 2. The molecular formula is C11H7F3N2O2S. The summed E-state index contributed by atoms with van der Waals surface area (Å²) in [6.45, 7) is -0.384. The first-order valence-electron chi connectivity index (χ1n) is 5.13. The highest BCUT2D eigenvalue weighted by Gasteiger charge is 2.50. The molecule has 0 aromatic heterocycles. The summed E-state index contributed by atoms with van der Waals surface area (Å²) < 4.78 is 37.1. The maximum atomic E-state index is 12.4. The summed E-state index contributed by atoms with van der Waals surface area (Å²) in [7, 11) is 0. The van der Waals surface area contributed by atoms with E-state index in [0.717, 1.165) is 0 Å². The highest BCUT2D eigenvalue weighted by Crippen LogP contribution is 2.25. The van der Waals surface area contributed by atoms with E-state index in [1.807, 2.05) is 0 Å². The van der Waals surface area contributed by atoms with Gasteiger partial charge in [-0.1, -0.05) is 18.2 Å². The molecule has 0 saturated carbocycles. The number of anilines is 1. The molecule has 1 saturated heterocycles. The Labute approximate surface area is 111 Å². The molecule has 1 fully saturated rings. The van der Waals surface area contributed by atoms with Crippen molar-refractivity contribution in [3.8, 4) is 0 Å². The smallest absolute Gasteiger partial charge is 0.309 e. The van der Waals surface area contributed by atoms with Crippen LogP contribution in [0.5, 0.6) is 0 Å². The molecular weight excluding hydrogens is 281 g/mol. The molecule has 2 rings (SSSR count). The number of thiocarbonyl (C=S) groups is 1. The van der Waals surface area contributed by atoms with Gasteiger partial charge in [-0.3, -0.25) is 9.59 Å². The van der Waals surface area contributed by atoms with Gasteiger partial charge < -0.3 is 4.90 Å². The van der Waals surface area contributed by atoms with Gasteiger partial charge >= 0.3 is 12.1 Å². The maximum Gasteiger partial charge on any atom is 0.472 e. The monoisotopic (exact) mass is 288 g/mol. The number of nitrogens with zero attached hydrogens (tertiary/aromatic N) is 2. The van der Waals surface area contributed by atoms with E-state index in [-0.39, 0.29) is 11.4 Å². The average Bonchev–Trinajstić information content (AvgIpc) is 2.64. The fraction of sp³-hybridized carbons (Fsp3) is 0.182. The zero-order valence-electron chi connectivity index (χ0n) is 9.35. The van der Waals surface area contributed by atoms with E-state index < -0.39 is 23.1 Å². The van der Waals surface area contributed by atoms with E-state index in [1.165, 1.54) is 4.90 Å². The lowest BCUT2D eigenvalue weighted by Crippen LogP contribution is -2.45. The molecule has 19 heavy (non-hydrogen) atoms. The number of rotatable bonds is 1. The number of amides is 2. The zero-order chi connectivity index (χ0) is 14.2. The van der Waals surface area contributed by atoms with Crippen LogP contribution in [0.2, 0.25) is 0 Å². The Morgan fingerprint density at radius 2 is 1.79 bits per heavy atom. The highest BCUT2D eigenvalue weighted by molar-refractivity contribution is 7.80. The first-order valence-corrected chi connectivity index (χ1v) is 5.54. The van der Waals surface area contributed by atoms with Crippen LogP contribution in [0.3, 0.4) is 0 Å². The number of benzene rings is 1. The van der Waals surface area contributed by atoms with E-state index in [1.54, 1.807) is 30.3 Å². The number of hydrogen-bond donors (Lipinski definition) is 0. The number of para-hydroxylation sites is 1. The number of alkyl halides is 3. The Kier molecular flexibility index (Phi) is 3.27. The van der Waals surface area contributed by atoms with Crippen molar-refractivity contribution < 1.29 is 22.8 Å². The summed E-state index contributed by atoms with van der Waals surface area (Å²) in [6, 6.07) is 8.18. The SMILES string of the molecule is O=C1CN(c2ccccc2)C(=S)N1C(=O)C(F)(F)F. The molecule has 1 heterocycles. The van der Waals surface area contributed by atoms with Crippen LogP contribution in [-0.4, -0.2) is 34.5 Å². The Morgan fingerprint density at radius 1 is 1.21 bits per heavy atom. The molecule has 100 valence electrons. The summed E-state index contributed by atoms with van der Waals surface area (Å²) in [5, 5.41) is -0.460. The molecule has 1 aromatic rings. The van der Waals surface area contributed by atoms with Crippen molar-refractivity contribution in [1.29, 1.82) is 0 Å². The van der Waals surface area contributed by atoms with Crippen molar-refractivity contribution in [3.63, 3.8) is 0 Å². The lowest BCUT2D eigenvalue weighted by molar-refractivity contribution is -0.182. The molecule has 1 aromatic carbocycles. The minimum atomic E-state index is -5.13. The molecule has 1 aliphatic rings. The van der Waals surface area contributed by atoms with Crippen molar-refractivity contribution >= 4 is 34.8 Å². The van der Waals surface area contributed by atoms with Gasteiger partial charge in [-0.05, 0) is 24.4 Å². The van der Waals surface area contributed by atoms with Crippen LogP contribution < -0.4 is 4.90 Å². The maximum absolute atomic E-state index is 12.4. The van der Waals surface area contributed by atoms with Crippen molar-refractivity contribution in [3.05, 3.63) is 30.3 Å². The van der Waals surface area contributed by atoms with Crippen molar-refractivity contribution in [1.82, 2.24) is 4.90 Å². The number of hydrogen-bond acceptors (Lipinski definition) is 3. The van der Waals surface area contributed by atoms with Gasteiger partial charge in [0.2, 0.25) is 0 Å². The van der Waals surface area contributed by atoms with E-state index in [2.05, 4.69) is 0 Å². The number of imide groups is 1. The largest absolute Gasteiger partial charge is 0.472 e. The Hall–Kier alpha value is -1.96. The molecule has 0 aliphatic carbocycles. The first kappa shape index (κ1) is 13.5. The van der Waals surface area contributed by atoms with E-state index >= 15 is 0 Å².